The van der Waals surface area contributed by atoms with E-state index in [0.29, 0.717) is 6.42 Å². The Hall–Kier alpha value is -1.57. The zero-order chi connectivity index (χ0) is 23.8. The van der Waals surface area contributed by atoms with Crippen LogP contribution in [0.3, 0.4) is 0 Å². The number of ether oxygens (including phenoxy) is 3. The highest BCUT2D eigenvalue weighted by atomic mass is 16.7. The van der Waals surface area contributed by atoms with Gasteiger partial charge in [0.25, 0.3) is 0 Å². The van der Waals surface area contributed by atoms with Crippen LogP contribution >= 0.6 is 0 Å². The van der Waals surface area contributed by atoms with E-state index in [-0.39, 0.29) is 47.4 Å². The van der Waals surface area contributed by atoms with Crippen LogP contribution in [0, 0.1) is 11.3 Å². The molecule has 4 fully saturated rings. The Labute approximate surface area is 200 Å². The highest BCUT2D eigenvalue weighted by molar-refractivity contribution is 5.97. The molecule has 1 saturated carbocycles. The average Bonchev–Trinajstić information content (AvgIpc) is 3.70. The third-order valence-corrected chi connectivity index (χ3v) is 10.8. The minimum Gasteiger partial charge on any atom is -0.386 e. The summed E-state index contributed by atoms with van der Waals surface area (Å²) in [5, 5.41) is 22.1. The summed E-state index contributed by atoms with van der Waals surface area (Å²) < 4.78 is 18.0. The summed E-state index contributed by atoms with van der Waals surface area (Å²) in [6, 6.07) is 6.68. The third kappa shape index (κ3) is 2.42. The molecule has 0 unspecified atom stereocenters. The van der Waals surface area contributed by atoms with E-state index >= 15 is 0 Å². The maximum Gasteiger partial charge on any atom is 0.186 e. The van der Waals surface area contributed by atoms with E-state index in [2.05, 4.69) is 32.0 Å². The smallest absolute Gasteiger partial charge is 0.186 e. The van der Waals surface area contributed by atoms with Gasteiger partial charge in [0.1, 0.15) is 22.9 Å². The number of epoxide rings is 2. The lowest BCUT2D eigenvalue weighted by atomic mass is 9.48. The molecule has 6 aliphatic rings. The van der Waals surface area contributed by atoms with Gasteiger partial charge in [0.15, 0.2) is 12.1 Å². The van der Waals surface area contributed by atoms with Crippen molar-refractivity contribution in [2.75, 3.05) is 0 Å². The van der Waals surface area contributed by atoms with Crippen LogP contribution in [-0.4, -0.2) is 57.4 Å². The van der Waals surface area contributed by atoms with E-state index in [1.807, 2.05) is 19.9 Å². The van der Waals surface area contributed by atoms with Crippen molar-refractivity contribution >= 4 is 5.78 Å². The molecule has 6 heteroatoms. The first-order chi connectivity index (χ1) is 16.0. The molecule has 0 aromatic heterocycles. The van der Waals surface area contributed by atoms with Gasteiger partial charge in [-0.25, -0.2) is 0 Å². The van der Waals surface area contributed by atoms with Crippen LogP contribution in [0.5, 0.6) is 0 Å². The second-order valence-electron chi connectivity index (χ2n) is 12.2. The highest BCUT2D eigenvalue weighted by Crippen LogP contribution is 2.66. The highest BCUT2D eigenvalue weighted by Gasteiger charge is 2.75. The summed E-state index contributed by atoms with van der Waals surface area (Å²) in [6.45, 7) is 8.10. The van der Waals surface area contributed by atoms with Crippen molar-refractivity contribution in [3.05, 3.63) is 47.0 Å². The number of aliphatic hydroxyl groups is 2. The fraction of sp³-hybridized carbons (Fsp3) is 0.679. The van der Waals surface area contributed by atoms with Crippen LogP contribution < -0.4 is 0 Å². The topological polar surface area (TPSA) is 91.8 Å². The molecule has 3 aliphatic heterocycles. The predicted octanol–water partition coefficient (Wildman–Crippen LogP) is 3.14. The van der Waals surface area contributed by atoms with Crippen LogP contribution in [0.1, 0.15) is 75.5 Å². The maximum atomic E-state index is 13.2. The summed E-state index contributed by atoms with van der Waals surface area (Å²) in [5.74, 6) is 0.351. The maximum absolute atomic E-state index is 13.2. The van der Waals surface area contributed by atoms with Crippen molar-refractivity contribution in [1.29, 1.82) is 0 Å². The Morgan fingerprint density at radius 3 is 2.74 bits per heavy atom. The van der Waals surface area contributed by atoms with E-state index < -0.39 is 22.9 Å². The SMILES string of the molecule is C[C@@H](c1ccc2c(c1)CC[C@H]1[C@H]2[C@@H]2O[C@@H]2[C@@]2(O)CC=CC(=O)[C@]12C)[C@H]1C[C@]2(C)O[C@]2(C)[C@H](O)O1. The summed E-state index contributed by atoms with van der Waals surface area (Å²) in [7, 11) is 0. The molecule has 182 valence electrons. The molecular formula is C28H34O6. The summed E-state index contributed by atoms with van der Waals surface area (Å²) >= 11 is 0. The van der Waals surface area contributed by atoms with Crippen molar-refractivity contribution in [2.24, 2.45) is 11.3 Å². The lowest BCUT2D eigenvalue weighted by Gasteiger charge is -2.55. The van der Waals surface area contributed by atoms with Crippen molar-refractivity contribution in [3.8, 4) is 0 Å². The van der Waals surface area contributed by atoms with Crippen molar-refractivity contribution in [1.82, 2.24) is 0 Å². The first kappa shape index (κ1) is 21.7. The first-order valence-corrected chi connectivity index (χ1v) is 12.8. The number of carbonyl (C=O) groups is 1. The van der Waals surface area contributed by atoms with Gasteiger partial charge in [-0.15, -0.1) is 0 Å². The van der Waals surface area contributed by atoms with Gasteiger partial charge in [-0.2, -0.15) is 0 Å². The van der Waals surface area contributed by atoms with E-state index in [1.54, 1.807) is 6.08 Å². The molecule has 0 amide bonds. The van der Waals surface area contributed by atoms with Crippen molar-refractivity contribution in [2.45, 2.75) is 107 Å². The van der Waals surface area contributed by atoms with Gasteiger partial charge < -0.3 is 24.4 Å². The van der Waals surface area contributed by atoms with Crippen molar-refractivity contribution in [3.63, 3.8) is 0 Å². The zero-order valence-corrected chi connectivity index (χ0v) is 20.3. The van der Waals surface area contributed by atoms with Gasteiger partial charge in [-0.05, 0) is 68.7 Å². The Bertz CT molecular complexity index is 1130. The summed E-state index contributed by atoms with van der Waals surface area (Å²) in [5.41, 5.74) is 0.920. The normalized spacial score (nSPS) is 53.1. The molecule has 2 N–H and O–H groups in total. The first-order valence-electron chi connectivity index (χ1n) is 12.8. The van der Waals surface area contributed by atoms with Crippen molar-refractivity contribution < 1.29 is 29.2 Å². The molecule has 3 saturated heterocycles. The van der Waals surface area contributed by atoms with Gasteiger partial charge in [-0.3, -0.25) is 4.79 Å². The second kappa shape index (κ2) is 6.40. The predicted molar refractivity (Wildman–Crippen MR) is 123 cm³/mol. The molecule has 7 rings (SSSR count). The molecule has 1 aromatic rings. The Morgan fingerprint density at radius 2 is 1.97 bits per heavy atom. The third-order valence-electron chi connectivity index (χ3n) is 10.8. The fourth-order valence-electron chi connectivity index (χ4n) is 8.09. The number of aryl methyl sites for hydroxylation is 1. The molecular weight excluding hydrogens is 432 g/mol. The van der Waals surface area contributed by atoms with Gasteiger partial charge in [0, 0.05) is 18.3 Å². The van der Waals surface area contributed by atoms with Crippen LogP contribution in [0.4, 0.5) is 0 Å². The number of benzene rings is 1. The molecule has 1 aromatic carbocycles. The van der Waals surface area contributed by atoms with Crippen LogP contribution in [0.25, 0.3) is 0 Å². The number of fused-ring (bicyclic) bond motifs is 9. The minimum atomic E-state index is -1.11. The number of carbonyl (C=O) groups excluding carboxylic acids is 1. The molecule has 0 spiro atoms. The van der Waals surface area contributed by atoms with E-state index in [0.717, 1.165) is 19.3 Å². The van der Waals surface area contributed by atoms with Crippen LogP contribution in [0.15, 0.2) is 30.4 Å². The minimum absolute atomic E-state index is 0.0221. The summed E-state index contributed by atoms with van der Waals surface area (Å²) in [6.07, 6.45) is 5.14. The number of allylic oxidation sites excluding steroid dienone is 1. The largest absolute Gasteiger partial charge is 0.386 e. The zero-order valence-electron chi connectivity index (χ0n) is 20.3. The Balaban J connectivity index is 1.20. The number of aliphatic hydroxyl groups excluding tert-OH is 1. The number of ketones is 1. The van der Waals surface area contributed by atoms with E-state index in [1.165, 1.54) is 16.7 Å². The monoisotopic (exact) mass is 466 g/mol. The van der Waals surface area contributed by atoms with Gasteiger partial charge in [0.2, 0.25) is 0 Å². The molecule has 3 heterocycles. The molecule has 0 bridgehead atoms. The molecule has 34 heavy (non-hydrogen) atoms. The molecule has 3 aliphatic carbocycles. The van der Waals surface area contributed by atoms with Gasteiger partial charge >= 0.3 is 0 Å². The van der Waals surface area contributed by atoms with Gasteiger partial charge in [0.05, 0.1) is 17.6 Å². The van der Waals surface area contributed by atoms with E-state index in [4.69, 9.17) is 14.2 Å². The number of hydrogen-bond donors (Lipinski definition) is 2. The van der Waals surface area contributed by atoms with Gasteiger partial charge in [-0.1, -0.05) is 31.2 Å². The second-order valence-corrected chi connectivity index (χ2v) is 12.2. The number of hydrogen-bond acceptors (Lipinski definition) is 6. The molecule has 11 atom stereocenters. The fourth-order valence-corrected chi connectivity index (χ4v) is 8.09. The van der Waals surface area contributed by atoms with E-state index in [9.17, 15) is 15.0 Å². The average molecular weight is 467 g/mol. The lowest BCUT2D eigenvalue weighted by Crippen LogP contribution is -2.65. The Morgan fingerprint density at radius 1 is 1.18 bits per heavy atom. The van der Waals surface area contributed by atoms with Crippen LogP contribution in [0.2, 0.25) is 0 Å². The molecule has 6 nitrogen and oxygen atoms in total. The van der Waals surface area contributed by atoms with Crippen LogP contribution in [-0.2, 0) is 25.4 Å². The summed E-state index contributed by atoms with van der Waals surface area (Å²) in [4.78, 5) is 13.2. The standard InChI is InChI=1S/C28H34O6/c1-14(19-13-25(2)27(4,34-25)24(30)32-19)15-7-9-17-16(12-15)8-10-18-21(17)22-23(33-22)28(31)11-5-6-20(29)26(18,28)3/h5-7,9,12,14,18-19,21-24,30-31H,8,10-11,13H2,1-4H3/t14-,18-,19+,21-,22-,23-,24+,25-,26-,27+,28-/m0/s1. The Kier molecular flexibility index (Phi) is 4.08. The lowest BCUT2D eigenvalue weighted by molar-refractivity contribution is -0.187. The molecule has 0 radical (unpaired) electrons. The quantitative estimate of drug-likeness (QED) is 0.651. The number of rotatable bonds is 2.